The Labute approximate surface area is 252 Å². The highest BCUT2D eigenvalue weighted by atomic mass is 32.2. The van der Waals surface area contributed by atoms with Crippen molar-refractivity contribution in [1.82, 2.24) is 5.32 Å². The monoisotopic (exact) mass is 583 g/mol. The number of thioether (sulfide) groups is 1. The van der Waals surface area contributed by atoms with E-state index in [2.05, 4.69) is 24.4 Å². The second-order valence-corrected chi connectivity index (χ2v) is 11.8. The molecule has 218 valence electrons. The van der Waals surface area contributed by atoms with Gasteiger partial charge in [0.2, 0.25) is 0 Å². The molecule has 0 amide bonds. The summed E-state index contributed by atoms with van der Waals surface area (Å²) in [4.78, 5) is 27.5. The zero-order valence-corrected chi connectivity index (χ0v) is 25.2. The Morgan fingerprint density at radius 2 is 1.69 bits per heavy atom. The number of carbonyl (C=O) groups excluding carboxylic acids is 2. The number of ketones is 1. The van der Waals surface area contributed by atoms with E-state index in [0.29, 0.717) is 54.4 Å². The fourth-order valence-corrected chi connectivity index (χ4v) is 6.23. The molecule has 2 atom stereocenters. The average Bonchev–Trinajstić information content (AvgIpc) is 3.02. The summed E-state index contributed by atoms with van der Waals surface area (Å²) in [7, 11) is 1.60. The zero-order valence-electron chi connectivity index (χ0n) is 24.4. The predicted molar refractivity (Wildman–Crippen MR) is 167 cm³/mol. The van der Waals surface area contributed by atoms with Gasteiger partial charge in [-0.2, -0.15) is 11.8 Å². The van der Waals surface area contributed by atoms with Crippen molar-refractivity contribution in [2.24, 2.45) is 0 Å². The van der Waals surface area contributed by atoms with E-state index in [-0.39, 0.29) is 11.7 Å². The van der Waals surface area contributed by atoms with Crippen molar-refractivity contribution in [1.29, 1.82) is 0 Å². The van der Waals surface area contributed by atoms with Crippen molar-refractivity contribution in [2.45, 2.75) is 45.1 Å². The van der Waals surface area contributed by atoms with Gasteiger partial charge in [-0.25, -0.2) is 4.79 Å². The van der Waals surface area contributed by atoms with Crippen LogP contribution in [0.25, 0.3) is 0 Å². The number of dihydropyridines is 1. The molecule has 0 saturated heterocycles. The summed E-state index contributed by atoms with van der Waals surface area (Å²) in [5.74, 6) is 1.93. The third kappa shape index (κ3) is 6.57. The number of benzene rings is 3. The van der Waals surface area contributed by atoms with Crippen LogP contribution in [0, 0.1) is 0 Å². The maximum Gasteiger partial charge on any atom is 0.336 e. The third-order valence-corrected chi connectivity index (χ3v) is 8.61. The van der Waals surface area contributed by atoms with Gasteiger partial charge in [0.15, 0.2) is 17.3 Å². The molecular formula is C35H37NO5S. The Hall–Kier alpha value is -3.97. The van der Waals surface area contributed by atoms with E-state index in [1.165, 1.54) is 0 Å². The number of esters is 1. The number of carbonyl (C=O) groups is 2. The molecule has 0 fully saturated rings. The van der Waals surface area contributed by atoms with Crippen molar-refractivity contribution in [3.05, 3.63) is 118 Å². The molecule has 0 aromatic heterocycles. The van der Waals surface area contributed by atoms with Crippen molar-refractivity contribution in [2.75, 3.05) is 25.2 Å². The first-order valence-electron chi connectivity index (χ1n) is 14.4. The lowest BCUT2D eigenvalue weighted by Crippen LogP contribution is -2.36. The molecule has 0 spiro atoms. The third-order valence-electron chi connectivity index (χ3n) is 7.74. The minimum Gasteiger partial charge on any atom is -0.493 e. The molecule has 0 bridgehead atoms. The van der Waals surface area contributed by atoms with Gasteiger partial charge in [-0.05, 0) is 53.8 Å². The number of Topliss-reactive ketones (excluding diaryl/α,β-unsaturated/α-hetero) is 1. The van der Waals surface area contributed by atoms with E-state index in [0.717, 1.165) is 33.9 Å². The van der Waals surface area contributed by atoms with Gasteiger partial charge in [0.25, 0.3) is 0 Å². The van der Waals surface area contributed by atoms with Crippen LogP contribution in [0.1, 0.15) is 55.2 Å². The smallest absolute Gasteiger partial charge is 0.336 e. The van der Waals surface area contributed by atoms with Gasteiger partial charge in [-0.15, -0.1) is 0 Å². The van der Waals surface area contributed by atoms with Crippen LogP contribution < -0.4 is 14.8 Å². The maximum absolute atomic E-state index is 13.9. The van der Waals surface area contributed by atoms with Gasteiger partial charge < -0.3 is 19.5 Å². The number of allylic oxidation sites excluding steroid dienone is 3. The topological polar surface area (TPSA) is 73.9 Å². The van der Waals surface area contributed by atoms with Crippen molar-refractivity contribution < 1.29 is 23.8 Å². The van der Waals surface area contributed by atoms with Gasteiger partial charge in [0, 0.05) is 35.1 Å². The molecule has 3 aromatic rings. The van der Waals surface area contributed by atoms with Crippen molar-refractivity contribution in [3.8, 4) is 11.5 Å². The largest absolute Gasteiger partial charge is 0.493 e. The lowest BCUT2D eigenvalue weighted by atomic mass is 9.71. The molecular weight excluding hydrogens is 546 g/mol. The molecule has 2 aliphatic rings. The van der Waals surface area contributed by atoms with Crippen LogP contribution in [0.4, 0.5) is 0 Å². The van der Waals surface area contributed by atoms with Gasteiger partial charge in [0.1, 0.15) is 13.2 Å². The second kappa shape index (κ2) is 13.8. The first-order chi connectivity index (χ1) is 20.5. The molecule has 42 heavy (non-hydrogen) atoms. The lowest BCUT2D eigenvalue weighted by molar-refractivity contribution is -0.138. The van der Waals surface area contributed by atoms with Crippen LogP contribution in [-0.2, 0) is 20.9 Å². The van der Waals surface area contributed by atoms with Crippen LogP contribution in [0.15, 0.2) is 101 Å². The molecule has 0 radical (unpaired) electrons. The summed E-state index contributed by atoms with van der Waals surface area (Å²) in [6.07, 6.45) is 1.06. The average molecular weight is 584 g/mol. The molecule has 7 heteroatoms. The molecule has 3 aromatic carbocycles. The maximum atomic E-state index is 13.9. The summed E-state index contributed by atoms with van der Waals surface area (Å²) in [6.45, 7) is 4.67. The molecule has 6 nitrogen and oxygen atoms in total. The molecule has 1 aliphatic carbocycles. The molecule has 0 unspecified atom stereocenters. The Balaban J connectivity index is 1.50. The van der Waals surface area contributed by atoms with E-state index >= 15 is 0 Å². The quantitative estimate of drug-likeness (QED) is 0.194. The summed E-state index contributed by atoms with van der Waals surface area (Å²) in [5, 5.41) is 3.44. The Morgan fingerprint density at radius 3 is 2.40 bits per heavy atom. The van der Waals surface area contributed by atoms with Gasteiger partial charge in [-0.1, -0.05) is 73.7 Å². The van der Waals surface area contributed by atoms with Gasteiger partial charge in [0.05, 0.1) is 12.7 Å². The first kappa shape index (κ1) is 29.5. The van der Waals surface area contributed by atoms with Crippen molar-refractivity contribution in [3.63, 3.8) is 0 Å². The molecule has 0 saturated carbocycles. The van der Waals surface area contributed by atoms with Crippen molar-refractivity contribution >= 4 is 23.5 Å². The normalized spacial score (nSPS) is 18.3. The molecule has 5 rings (SSSR count). The SMILES string of the molecule is CCSCCOC(=O)C1=C(C)NC2=C(C(=O)C[C@@H](c3ccccc3)C2)[C@@H]1c1ccc(OCc2ccccc2)c(OC)c1. The standard InChI is InChI=1S/C35H37NO5S/c1-4-42-18-17-40-35(38)32-23(2)36-28-19-27(25-13-9-6-10-14-25)20-29(37)34(28)33(32)26-15-16-30(31(21-26)39-3)41-22-24-11-7-5-8-12-24/h5-16,21,27,33,36H,4,17-20,22H2,1-3H3/t27-,33+/m0/s1. The molecule has 1 N–H and O–H groups in total. The molecule has 1 heterocycles. The fraction of sp³-hybridized carbons (Fsp3) is 0.314. The highest BCUT2D eigenvalue weighted by Crippen LogP contribution is 2.47. The summed E-state index contributed by atoms with van der Waals surface area (Å²) in [5.41, 5.74) is 5.62. The highest BCUT2D eigenvalue weighted by molar-refractivity contribution is 7.99. The van der Waals surface area contributed by atoms with Crippen LogP contribution >= 0.6 is 11.8 Å². The number of hydrogen-bond acceptors (Lipinski definition) is 7. The number of ether oxygens (including phenoxy) is 3. The number of hydrogen-bond donors (Lipinski definition) is 1. The van der Waals surface area contributed by atoms with Crippen LogP contribution in [0.5, 0.6) is 11.5 Å². The molecule has 1 aliphatic heterocycles. The van der Waals surface area contributed by atoms with E-state index < -0.39 is 11.9 Å². The van der Waals surface area contributed by atoms with Crippen LogP contribution in [-0.4, -0.2) is 37.0 Å². The number of nitrogens with one attached hydrogen (secondary N) is 1. The minimum atomic E-state index is -0.575. The lowest BCUT2D eigenvalue weighted by Gasteiger charge is -2.37. The summed E-state index contributed by atoms with van der Waals surface area (Å²) >= 11 is 1.72. The highest BCUT2D eigenvalue weighted by Gasteiger charge is 2.41. The van der Waals surface area contributed by atoms with E-state index in [1.54, 1.807) is 18.9 Å². The summed E-state index contributed by atoms with van der Waals surface area (Å²) < 4.78 is 17.6. The second-order valence-electron chi connectivity index (χ2n) is 10.4. The number of rotatable bonds is 11. The predicted octanol–water partition coefficient (Wildman–Crippen LogP) is 6.93. The Bertz CT molecular complexity index is 1480. The van der Waals surface area contributed by atoms with E-state index in [1.807, 2.05) is 73.7 Å². The first-order valence-corrected chi connectivity index (χ1v) is 15.5. The van der Waals surface area contributed by atoms with Crippen LogP contribution in [0.3, 0.4) is 0 Å². The summed E-state index contributed by atoms with van der Waals surface area (Å²) in [6, 6.07) is 25.7. The van der Waals surface area contributed by atoms with E-state index in [9.17, 15) is 9.59 Å². The Morgan fingerprint density at radius 1 is 0.952 bits per heavy atom. The zero-order chi connectivity index (χ0) is 29.5. The van der Waals surface area contributed by atoms with Gasteiger partial charge >= 0.3 is 5.97 Å². The Kier molecular flexibility index (Phi) is 9.70. The van der Waals surface area contributed by atoms with E-state index in [4.69, 9.17) is 14.2 Å². The number of methoxy groups -OCH3 is 1. The van der Waals surface area contributed by atoms with Crippen LogP contribution in [0.2, 0.25) is 0 Å². The minimum absolute atomic E-state index is 0.0327. The van der Waals surface area contributed by atoms with Gasteiger partial charge in [-0.3, -0.25) is 4.79 Å². The fourth-order valence-electron chi connectivity index (χ4n) is 5.74.